The zero-order valence-corrected chi connectivity index (χ0v) is 22.9. The van der Waals surface area contributed by atoms with Crippen molar-refractivity contribution in [1.29, 1.82) is 0 Å². The summed E-state index contributed by atoms with van der Waals surface area (Å²) in [6.07, 6.45) is 2.13. The molecule has 0 aliphatic carbocycles. The molecule has 1 fully saturated rings. The van der Waals surface area contributed by atoms with Crippen LogP contribution >= 0.6 is 11.6 Å². The largest absolute Gasteiger partial charge is 0.493 e. The van der Waals surface area contributed by atoms with E-state index in [0.717, 1.165) is 18.5 Å². The van der Waals surface area contributed by atoms with Gasteiger partial charge in [-0.1, -0.05) is 35.9 Å². The third-order valence-electron chi connectivity index (χ3n) is 6.90. The van der Waals surface area contributed by atoms with Gasteiger partial charge in [-0.15, -0.1) is 0 Å². The van der Waals surface area contributed by atoms with Crippen LogP contribution in [0.15, 0.2) is 60.7 Å². The van der Waals surface area contributed by atoms with Crippen molar-refractivity contribution < 1.29 is 23.5 Å². The topological polar surface area (TPSA) is 79.9 Å². The summed E-state index contributed by atoms with van der Waals surface area (Å²) in [4.78, 5) is 28.2. The number of methoxy groups -OCH3 is 2. The second-order valence-corrected chi connectivity index (χ2v) is 9.91. The SMILES string of the molecule is COc1ccc(CCNC(=O)c2ccccc2NC(=O)C2CCCN(Cc3c(F)cccc3Cl)C2)cc1OC. The smallest absolute Gasteiger partial charge is 0.253 e. The maximum absolute atomic E-state index is 14.3. The van der Waals surface area contributed by atoms with Gasteiger partial charge in [0.2, 0.25) is 5.91 Å². The second-order valence-electron chi connectivity index (χ2n) is 9.50. The summed E-state index contributed by atoms with van der Waals surface area (Å²) >= 11 is 6.20. The van der Waals surface area contributed by atoms with E-state index >= 15 is 0 Å². The van der Waals surface area contributed by atoms with Crippen LogP contribution < -0.4 is 20.1 Å². The Hall–Kier alpha value is -3.62. The van der Waals surface area contributed by atoms with E-state index < -0.39 is 0 Å². The molecule has 1 heterocycles. The average Bonchev–Trinajstić information content (AvgIpc) is 2.95. The van der Waals surface area contributed by atoms with Crippen LogP contribution in [-0.2, 0) is 17.8 Å². The van der Waals surface area contributed by atoms with Crippen molar-refractivity contribution in [3.05, 3.63) is 88.2 Å². The highest BCUT2D eigenvalue weighted by Crippen LogP contribution is 2.28. The molecular formula is C30H33ClFN3O4. The number of ether oxygens (including phenoxy) is 2. The van der Waals surface area contributed by atoms with Crippen molar-refractivity contribution in [1.82, 2.24) is 10.2 Å². The molecule has 0 bridgehead atoms. The number of hydrogen-bond donors (Lipinski definition) is 2. The quantitative estimate of drug-likeness (QED) is 0.355. The van der Waals surface area contributed by atoms with Crippen molar-refractivity contribution >= 4 is 29.1 Å². The van der Waals surface area contributed by atoms with Crippen molar-refractivity contribution in [2.45, 2.75) is 25.8 Å². The molecule has 0 saturated carbocycles. The number of anilines is 1. The Morgan fingerprint density at radius 2 is 1.85 bits per heavy atom. The van der Waals surface area contributed by atoms with Crippen LogP contribution in [0, 0.1) is 11.7 Å². The Balaban J connectivity index is 1.35. The van der Waals surface area contributed by atoms with Gasteiger partial charge in [0.1, 0.15) is 5.82 Å². The van der Waals surface area contributed by atoms with E-state index in [9.17, 15) is 14.0 Å². The maximum Gasteiger partial charge on any atom is 0.253 e. The number of para-hydroxylation sites is 1. The highest BCUT2D eigenvalue weighted by molar-refractivity contribution is 6.31. The molecule has 0 aromatic heterocycles. The van der Waals surface area contributed by atoms with Gasteiger partial charge in [-0.3, -0.25) is 14.5 Å². The maximum atomic E-state index is 14.3. The fourth-order valence-corrected chi connectivity index (χ4v) is 5.02. The predicted molar refractivity (Wildman–Crippen MR) is 150 cm³/mol. The lowest BCUT2D eigenvalue weighted by Gasteiger charge is -2.32. The molecule has 7 nitrogen and oxygen atoms in total. The lowest BCUT2D eigenvalue weighted by Crippen LogP contribution is -2.40. The molecule has 1 saturated heterocycles. The van der Waals surface area contributed by atoms with Crippen LogP contribution in [0.25, 0.3) is 0 Å². The monoisotopic (exact) mass is 553 g/mol. The summed E-state index contributed by atoms with van der Waals surface area (Å²) in [5.74, 6) is 0.209. The highest BCUT2D eigenvalue weighted by Gasteiger charge is 2.27. The van der Waals surface area contributed by atoms with Gasteiger partial charge in [0.15, 0.2) is 11.5 Å². The van der Waals surface area contributed by atoms with Crippen molar-refractivity contribution in [2.24, 2.45) is 5.92 Å². The molecule has 206 valence electrons. The molecule has 3 aromatic rings. The van der Waals surface area contributed by atoms with Gasteiger partial charge in [0.05, 0.1) is 31.4 Å². The molecule has 1 aliphatic heterocycles. The molecule has 0 spiro atoms. The number of nitrogens with zero attached hydrogens (tertiary/aromatic N) is 1. The zero-order valence-electron chi connectivity index (χ0n) is 22.1. The normalized spacial score (nSPS) is 15.4. The fourth-order valence-electron chi connectivity index (χ4n) is 4.80. The molecule has 0 radical (unpaired) electrons. The predicted octanol–water partition coefficient (Wildman–Crippen LogP) is 5.32. The molecule has 39 heavy (non-hydrogen) atoms. The Bertz CT molecular complexity index is 1300. The summed E-state index contributed by atoms with van der Waals surface area (Å²) in [7, 11) is 3.16. The van der Waals surface area contributed by atoms with Crippen molar-refractivity contribution in [2.75, 3.05) is 39.2 Å². The molecule has 1 aliphatic rings. The Labute approximate surface area is 233 Å². The molecule has 2 amide bonds. The number of benzene rings is 3. The summed E-state index contributed by atoms with van der Waals surface area (Å²) in [6, 6.07) is 17.2. The first-order chi connectivity index (χ1) is 18.9. The first-order valence-electron chi connectivity index (χ1n) is 12.9. The van der Waals surface area contributed by atoms with Gasteiger partial charge in [-0.05, 0) is 67.8 Å². The molecule has 3 aromatic carbocycles. The van der Waals surface area contributed by atoms with Gasteiger partial charge in [-0.25, -0.2) is 4.39 Å². The Morgan fingerprint density at radius 1 is 1.05 bits per heavy atom. The lowest BCUT2D eigenvalue weighted by atomic mass is 9.96. The zero-order chi connectivity index (χ0) is 27.8. The molecule has 2 N–H and O–H groups in total. The third kappa shape index (κ3) is 7.28. The summed E-state index contributed by atoms with van der Waals surface area (Å²) in [5.41, 5.74) is 2.28. The average molecular weight is 554 g/mol. The van der Waals surface area contributed by atoms with Crippen LogP contribution in [0.2, 0.25) is 5.02 Å². The number of carbonyl (C=O) groups is 2. The fraction of sp³-hybridized carbons (Fsp3) is 0.333. The van der Waals surface area contributed by atoms with E-state index in [1.54, 1.807) is 50.6 Å². The molecular weight excluding hydrogens is 521 g/mol. The number of hydrogen-bond acceptors (Lipinski definition) is 5. The van der Waals surface area contributed by atoms with Crippen molar-refractivity contribution in [3.63, 3.8) is 0 Å². The second kappa shape index (κ2) is 13.4. The standard InChI is InChI=1S/C30H33ClFN3O4/c1-38-27-13-12-20(17-28(27)39-2)14-15-33-30(37)22-8-3-4-11-26(22)34-29(36)21-7-6-16-35(18-21)19-23-24(31)9-5-10-25(23)32/h3-5,8-13,17,21H,6-7,14-16,18-19H2,1-2H3,(H,33,37)(H,34,36). The first kappa shape index (κ1) is 28.4. The van der Waals surface area contributed by atoms with Crippen LogP contribution in [0.4, 0.5) is 10.1 Å². The van der Waals surface area contributed by atoms with Crippen LogP contribution in [0.1, 0.15) is 34.3 Å². The number of piperidine rings is 1. The Kier molecular flexibility index (Phi) is 9.79. The first-order valence-corrected chi connectivity index (χ1v) is 13.3. The minimum atomic E-state index is -0.347. The molecule has 9 heteroatoms. The van der Waals surface area contributed by atoms with Crippen LogP contribution in [-0.4, -0.2) is 50.6 Å². The van der Waals surface area contributed by atoms with Gasteiger partial charge in [0, 0.05) is 30.2 Å². The minimum absolute atomic E-state index is 0.162. The summed E-state index contributed by atoms with van der Waals surface area (Å²) < 4.78 is 24.9. The number of halogens is 2. The third-order valence-corrected chi connectivity index (χ3v) is 7.25. The van der Waals surface area contributed by atoms with E-state index in [2.05, 4.69) is 10.6 Å². The van der Waals surface area contributed by atoms with E-state index in [-0.39, 0.29) is 23.5 Å². The van der Waals surface area contributed by atoms with E-state index in [4.69, 9.17) is 21.1 Å². The van der Waals surface area contributed by atoms with Crippen molar-refractivity contribution in [3.8, 4) is 11.5 Å². The van der Waals surface area contributed by atoms with E-state index in [0.29, 0.717) is 65.8 Å². The van der Waals surface area contributed by atoms with Crippen LogP contribution in [0.5, 0.6) is 11.5 Å². The summed E-state index contributed by atoms with van der Waals surface area (Å²) in [5, 5.41) is 6.26. The number of nitrogens with one attached hydrogen (secondary N) is 2. The van der Waals surface area contributed by atoms with Gasteiger partial charge >= 0.3 is 0 Å². The van der Waals surface area contributed by atoms with Gasteiger partial charge < -0.3 is 20.1 Å². The number of likely N-dealkylation sites (tertiary alicyclic amines) is 1. The minimum Gasteiger partial charge on any atom is -0.493 e. The molecule has 4 rings (SSSR count). The van der Waals surface area contributed by atoms with E-state index in [1.165, 1.54) is 6.07 Å². The Morgan fingerprint density at radius 3 is 2.62 bits per heavy atom. The van der Waals surface area contributed by atoms with Crippen LogP contribution in [0.3, 0.4) is 0 Å². The van der Waals surface area contributed by atoms with Gasteiger partial charge in [-0.2, -0.15) is 0 Å². The van der Waals surface area contributed by atoms with E-state index in [1.807, 2.05) is 23.1 Å². The number of amides is 2. The van der Waals surface area contributed by atoms with Gasteiger partial charge in [0.25, 0.3) is 5.91 Å². The highest BCUT2D eigenvalue weighted by atomic mass is 35.5. The summed E-state index contributed by atoms with van der Waals surface area (Å²) in [6.45, 7) is 1.99. The molecule has 1 unspecified atom stereocenters. The molecule has 1 atom stereocenters. The lowest BCUT2D eigenvalue weighted by molar-refractivity contribution is -0.121. The number of rotatable bonds is 10. The number of carbonyl (C=O) groups excluding carboxylic acids is 2.